The summed E-state index contributed by atoms with van der Waals surface area (Å²) in [4.78, 5) is 11.9. The minimum Gasteiger partial charge on any atom is -0.494 e. The van der Waals surface area contributed by atoms with Crippen LogP contribution in [0.1, 0.15) is 11.5 Å². The van der Waals surface area contributed by atoms with E-state index in [9.17, 15) is 4.79 Å². The van der Waals surface area contributed by atoms with E-state index in [-0.39, 0.29) is 18.6 Å². The third-order valence-corrected chi connectivity index (χ3v) is 3.35. The first-order chi connectivity index (χ1) is 11.8. The third-order valence-electron chi connectivity index (χ3n) is 3.35. The molecule has 124 valence electrons. The highest BCUT2D eigenvalue weighted by molar-refractivity contribution is 6.00. The fourth-order valence-electron chi connectivity index (χ4n) is 2.25. The van der Waals surface area contributed by atoms with Crippen molar-refractivity contribution in [1.29, 1.82) is 0 Å². The molecule has 9 heteroatoms. The molecular weight excluding hydrogens is 318 g/mol. The Kier molecular flexibility index (Phi) is 3.66. The Morgan fingerprint density at radius 3 is 2.92 bits per heavy atom. The minimum absolute atomic E-state index is 0.00850. The summed E-state index contributed by atoms with van der Waals surface area (Å²) in [6.45, 7) is 0.951. The fourth-order valence-corrected chi connectivity index (χ4v) is 2.25. The number of anilines is 1. The van der Waals surface area contributed by atoms with Gasteiger partial charge in [0.15, 0.2) is 11.5 Å². The average Bonchev–Trinajstić information content (AvgIpc) is 3.24. The van der Waals surface area contributed by atoms with E-state index < -0.39 is 5.91 Å². The minimum atomic E-state index is -0.507. The molecule has 2 aliphatic rings. The zero-order valence-corrected chi connectivity index (χ0v) is 12.5. The van der Waals surface area contributed by atoms with Crippen LogP contribution in [-0.2, 0) is 20.7 Å². The second-order valence-corrected chi connectivity index (χ2v) is 5.02. The van der Waals surface area contributed by atoms with E-state index in [0.29, 0.717) is 37.0 Å². The lowest BCUT2D eigenvalue weighted by Crippen LogP contribution is -2.21. The Labute approximate surface area is 136 Å². The average molecular weight is 331 g/mol. The van der Waals surface area contributed by atoms with E-state index in [2.05, 4.69) is 15.5 Å². The molecule has 0 radical (unpaired) electrons. The molecule has 0 fully saturated rings. The predicted molar refractivity (Wildman–Crippen MR) is 78.3 cm³/mol. The Hall–Kier alpha value is -3.23. The van der Waals surface area contributed by atoms with Crippen LogP contribution in [0.5, 0.6) is 11.5 Å². The number of fused-ring (bicyclic) bond motifs is 1. The largest absolute Gasteiger partial charge is 0.494 e. The third kappa shape index (κ3) is 2.96. The number of carbonyl (C=O) groups is 1. The lowest BCUT2D eigenvalue weighted by atomic mass is 10.1. The van der Waals surface area contributed by atoms with Crippen LogP contribution in [0.4, 0.5) is 6.01 Å². The highest BCUT2D eigenvalue weighted by atomic mass is 16.7. The number of ether oxygens (including phenoxy) is 4. The molecule has 1 N–H and O–H groups in total. The number of hydrogen-bond acceptors (Lipinski definition) is 8. The van der Waals surface area contributed by atoms with Crippen LogP contribution in [0.25, 0.3) is 0 Å². The molecule has 24 heavy (non-hydrogen) atoms. The molecule has 2 aliphatic heterocycles. The van der Waals surface area contributed by atoms with Crippen LogP contribution < -0.4 is 14.8 Å². The topological polar surface area (TPSA) is 105 Å². The van der Waals surface area contributed by atoms with E-state index in [1.54, 1.807) is 0 Å². The normalized spacial score (nSPS) is 15.2. The van der Waals surface area contributed by atoms with Crippen molar-refractivity contribution in [3.8, 4) is 11.5 Å². The first kappa shape index (κ1) is 14.4. The van der Waals surface area contributed by atoms with Crippen LogP contribution in [0.2, 0.25) is 0 Å². The van der Waals surface area contributed by atoms with Crippen molar-refractivity contribution >= 4 is 11.9 Å². The SMILES string of the molecule is O=C(Nc1nnc(Cc2ccc3c(c2)OCO3)o1)C1=COCCO1. The van der Waals surface area contributed by atoms with Crippen molar-refractivity contribution in [3.63, 3.8) is 0 Å². The number of rotatable bonds is 4. The Bertz CT molecular complexity index is 800. The first-order valence-corrected chi connectivity index (χ1v) is 7.25. The van der Waals surface area contributed by atoms with Gasteiger partial charge in [0.2, 0.25) is 18.4 Å². The van der Waals surface area contributed by atoms with Crippen LogP contribution in [0.15, 0.2) is 34.6 Å². The van der Waals surface area contributed by atoms with Crippen molar-refractivity contribution in [2.24, 2.45) is 0 Å². The molecule has 0 saturated carbocycles. The molecule has 3 heterocycles. The second kappa shape index (κ2) is 6.11. The summed E-state index contributed by atoms with van der Waals surface area (Å²) in [5.41, 5.74) is 0.924. The van der Waals surface area contributed by atoms with Crippen LogP contribution >= 0.6 is 0 Å². The molecular formula is C15H13N3O6. The molecule has 0 bridgehead atoms. The van der Waals surface area contributed by atoms with Crippen LogP contribution in [0, 0.1) is 0 Å². The molecule has 4 rings (SSSR count). The van der Waals surface area contributed by atoms with Crippen molar-refractivity contribution < 1.29 is 28.2 Å². The number of hydrogen-bond donors (Lipinski definition) is 1. The molecule has 1 aromatic carbocycles. The number of nitrogens with zero attached hydrogens (tertiary/aromatic N) is 2. The van der Waals surface area contributed by atoms with Gasteiger partial charge < -0.3 is 23.4 Å². The molecule has 0 saturated heterocycles. The lowest BCUT2D eigenvalue weighted by molar-refractivity contribution is -0.117. The van der Waals surface area contributed by atoms with Gasteiger partial charge in [-0.2, -0.15) is 0 Å². The highest BCUT2D eigenvalue weighted by Gasteiger charge is 2.19. The Balaban J connectivity index is 1.41. The van der Waals surface area contributed by atoms with Crippen LogP contribution in [-0.4, -0.2) is 36.1 Å². The van der Waals surface area contributed by atoms with Crippen molar-refractivity contribution in [1.82, 2.24) is 10.2 Å². The summed E-state index contributed by atoms with van der Waals surface area (Å²) in [7, 11) is 0. The van der Waals surface area contributed by atoms with E-state index in [4.69, 9.17) is 23.4 Å². The van der Waals surface area contributed by atoms with Gasteiger partial charge in [-0.3, -0.25) is 10.1 Å². The van der Waals surface area contributed by atoms with E-state index >= 15 is 0 Å². The number of benzene rings is 1. The number of nitrogens with one attached hydrogen (secondary N) is 1. The van der Waals surface area contributed by atoms with Gasteiger partial charge in [0.25, 0.3) is 5.91 Å². The zero-order valence-electron chi connectivity index (χ0n) is 12.5. The number of carbonyl (C=O) groups excluding carboxylic acids is 1. The summed E-state index contributed by atoms with van der Waals surface area (Å²) in [6, 6.07) is 5.55. The summed E-state index contributed by atoms with van der Waals surface area (Å²) in [5.74, 6) is 1.31. The molecule has 1 aromatic heterocycles. The summed E-state index contributed by atoms with van der Waals surface area (Å²) in [5, 5.41) is 10.2. The Morgan fingerprint density at radius 2 is 2.04 bits per heavy atom. The van der Waals surface area contributed by atoms with Crippen molar-refractivity contribution in [2.45, 2.75) is 6.42 Å². The van der Waals surface area contributed by atoms with Gasteiger partial charge in [0, 0.05) is 0 Å². The smallest absolute Gasteiger partial charge is 0.322 e. The maximum atomic E-state index is 11.9. The molecule has 0 atom stereocenters. The quantitative estimate of drug-likeness (QED) is 0.891. The first-order valence-electron chi connectivity index (χ1n) is 7.25. The Morgan fingerprint density at radius 1 is 1.12 bits per heavy atom. The molecule has 1 amide bonds. The zero-order chi connectivity index (χ0) is 16.4. The van der Waals surface area contributed by atoms with Gasteiger partial charge in [0.1, 0.15) is 19.5 Å². The lowest BCUT2D eigenvalue weighted by Gasteiger charge is -2.13. The fraction of sp³-hybridized carbons (Fsp3) is 0.267. The van der Waals surface area contributed by atoms with E-state index in [0.717, 1.165) is 5.56 Å². The molecule has 0 aliphatic carbocycles. The molecule has 9 nitrogen and oxygen atoms in total. The van der Waals surface area contributed by atoms with E-state index in [1.807, 2.05) is 18.2 Å². The molecule has 2 aromatic rings. The number of amides is 1. The van der Waals surface area contributed by atoms with Gasteiger partial charge in [-0.15, -0.1) is 5.10 Å². The summed E-state index contributed by atoms with van der Waals surface area (Å²) >= 11 is 0. The number of aromatic nitrogens is 2. The molecule has 0 spiro atoms. The summed E-state index contributed by atoms with van der Waals surface area (Å²) in [6.07, 6.45) is 1.66. The van der Waals surface area contributed by atoms with Crippen molar-refractivity contribution in [2.75, 3.05) is 25.3 Å². The van der Waals surface area contributed by atoms with Gasteiger partial charge in [-0.1, -0.05) is 11.2 Å². The maximum absolute atomic E-state index is 11.9. The van der Waals surface area contributed by atoms with Crippen LogP contribution in [0.3, 0.4) is 0 Å². The molecule has 0 unspecified atom stereocenters. The van der Waals surface area contributed by atoms with E-state index in [1.165, 1.54) is 6.26 Å². The second-order valence-electron chi connectivity index (χ2n) is 5.02. The van der Waals surface area contributed by atoms with Crippen molar-refractivity contribution in [3.05, 3.63) is 41.7 Å². The predicted octanol–water partition coefficient (Wildman–Crippen LogP) is 1.22. The van der Waals surface area contributed by atoms with Gasteiger partial charge in [0.05, 0.1) is 6.42 Å². The standard InChI is InChI=1S/C15H13N3O6/c19-14(12-7-20-3-4-21-12)16-15-18-17-13(24-15)6-9-1-2-10-11(5-9)23-8-22-10/h1-2,5,7H,3-4,6,8H2,(H,16,18,19). The highest BCUT2D eigenvalue weighted by Crippen LogP contribution is 2.33. The van der Waals surface area contributed by atoms with Gasteiger partial charge in [-0.05, 0) is 17.7 Å². The monoisotopic (exact) mass is 331 g/mol. The summed E-state index contributed by atoms with van der Waals surface area (Å²) < 4.78 is 26.2. The maximum Gasteiger partial charge on any atom is 0.322 e. The van der Waals surface area contributed by atoms with Gasteiger partial charge >= 0.3 is 6.01 Å². The van der Waals surface area contributed by atoms with Gasteiger partial charge in [-0.25, -0.2) is 0 Å².